The molecule has 0 aliphatic carbocycles. The normalized spacial score (nSPS) is 23.3. The van der Waals surface area contributed by atoms with E-state index in [1.165, 1.54) is 6.26 Å². The van der Waals surface area contributed by atoms with Crippen molar-refractivity contribution in [3.8, 4) is 0 Å². The van der Waals surface area contributed by atoms with E-state index in [-0.39, 0.29) is 12.5 Å². The number of carbonyl (C=O) groups excluding carboxylic acids is 1. The van der Waals surface area contributed by atoms with Gasteiger partial charge < -0.3 is 14.4 Å². The number of hydrogen-bond donors (Lipinski definition) is 1. The first kappa shape index (κ1) is 12.7. The molecule has 0 spiro atoms. The molecule has 1 N–H and O–H groups in total. The van der Waals surface area contributed by atoms with E-state index in [0.717, 1.165) is 0 Å². The first-order valence-corrected chi connectivity index (χ1v) is 6.07. The van der Waals surface area contributed by atoms with Crippen LogP contribution in [-0.2, 0) is 4.79 Å². The highest BCUT2D eigenvalue weighted by molar-refractivity contribution is 5.95. The van der Waals surface area contributed by atoms with Gasteiger partial charge in [-0.3, -0.25) is 9.59 Å². The average molecular weight is 251 g/mol. The molecule has 1 fully saturated rings. The number of carboxylic acid groups (broad SMARTS) is 1. The van der Waals surface area contributed by atoms with Crippen molar-refractivity contribution in [2.75, 3.05) is 13.1 Å². The van der Waals surface area contributed by atoms with Crippen molar-refractivity contribution >= 4 is 11.9 Å². The number of rotatable bonds is 3. The zero-order chi connectivity index (χ0) is 13.3. The minimum absolute atomic E-state index is 0.141. The molecule has 0 aromatic carbocycles. The molecule has 0 radical (unpaired) electrons. The van der Waals surface area contributed by atoms with Crippen LogP contribution in [0.5, 0.6) is 0 Å². The smallest absolute Gasteiger partial charge is 0.311 e. The van der Waals surface area contributed by atoms with E-state index in [1.807, 2.05) is 6.92 Å². The maximum atomic E-state index is 12.2. The van der Waals surface area contributed by atoms with Crippen LogP contribution in [0, 0.1) is 12.3 Å². The quantitative estimate of drug-likeness (QED) is 0.890. The molecule has 1 aliphatic heterocycles. The van der Waals surface area contributed by atoms with E-state index in [1.54, 1.807) is 17.9 Å². The lowest BCUT2D eigenvalue weighted by Gasteiger charge is -2.22. The maximum Gasteiger partial charge on any atom is 0.311 e. The van der Waals surface area contributed by atoms with Crippen molar-refractivity contribution in [1.29, 1.82) is 0 Å². The van der Waals surface area contributed by atoms with Gasteiger partial charge in [0.05, 0.1) is 17.2 Å². The van der Waals surface area contributed by atoms with E-state index in [9.17, 15) is 14.7 Å². The lowest BCUT2D eigenvalue weighted by atomic mass is 9.84. The van der Waals surface area contributed by atoms with Crippen molar-refractivity contribution in [3.63, 3.8) is 0 Å². The molecule has 1 saturated heterocycles. The number of amides is 1. The summed E-state index contributed by atoms with van der Waals surface area (Å²) in [6.07, 6.45) is 2.53. The third kappa shape index (κ3) is 1.89. The Bertz CT molecular complexity index is 479. The molecule has 18 heavy (non-hydrogen) atoms. The van der Waals surface area contributed by atoms with Gasteiger partial charge in [-0.15, -0.1) is 0 Å². The zero-order valence-corrected chi connectivity index (χ0v) is 10.6. The largest absolute Gasteiger partial charge is 0.481 e. The van der Waals surface area contributed by atoms with Gasteiger partial charge in [0.1, 0.15) is 5.76 Å². The van der Waals surface area contributed by atoms with E-state index in [2.05, 4.69) is 0 Å². The fourth-order valence-corrected chi connectivity index (χ4v) is 2.44. The minimum Gasteiger partial charge on any atom is -0.481 e. The Labute approximate surface area is 105 Å². The van der Waals surface area contributed by atoms with Gasteiger partial charge in [0.15, 0.2) is 0 Å². The molecule has 1 aliphatic rings. The van der Waals surface area contributed by atoms with Crippen molar-refractivity contribution < 1.29 is 19.1 Å². The Hall–Kier alpha value is -1.78. The number of nitrogens with zero attached hydrogens (tertiary/aromatic N) is 1. The summed E-state index contributed by atoms with van der Waals surface area (Å²) in [6, 6.07) is 1.63. The second kappa shape index (κ2) is 4.48. The van der Waals surface area contributed by atoms with Gasteiger partial charge >= 0.3 is 5.97 Å². The number of likely N-dealkylation sites (tertiary alicyclic amines) is 1. The third-order valence-corrected chi connectivity index (χ3v) is 3.86. The number of aryl methyl sites for hydroxylation is 1. The van der Waals surface area contributed by atoms with E-state index < -0.39 is 11.4 Å². The Morgan fingerprint density at radius 2 is 2.28 bits per heavy atom. The average Bonchev–Trinajstić information content (AvgIpc) is 2.95. The molecule has 2 heterocycles. The molecular formula is C13H17NO4. The summed E-state index contributed by atoms with van der Waals surface area (Å²) in [5.74, 6) is -0.383. The van der Waals surface area contributed by atoms with Gasteiger partial charge in [-0.25, -0.2) is 0 Å². The summed E-state index contributed by atoms with van der Waals surface area (Å²) in [5, 5.41) is 9.29. The summed E-state index contributed by atoms with van der Waals surface area (Å²) in [4.78, 5) is 25.2. The molecule has 5 nitrogen and oxygen atoms in total. The fourth-order valence-electron chi connectivity index (χ4n) is 2.44. The summed E-state index contributed by atoms with van der Waals surface area (Å²) in [6.45, 7) is 4.35. The highest BCUT2D eigenvalue weighted by atomic mass is 16.4. The third-order valence-electron chi connectivity index (χ3n) is 3.86. The Morgan fingerprint density at radius 1 is 1.56 bits per heavy atom. The fraction of sp³-hybridized carbons (Fsp3) is 0.538. The molecular weight excluding hydrogens is 234 g/mol. The van der Waals surface area contributed by atoms with E-state index >= 15 is 0 Å². The highest BCUT2D eigenvalue weighted by Gasteiger charge is 2.45. The Balaban J connectivity index is 2.17. The molecule has 5 heteroatoms. The van der Waals surface area contributed by atoms with Gasteiger partial charge in [0.25, 0.3) is 5.91 Å². The molecule has 1 atom stereocenters. The van der Waals surface area contributed by atoms with Crippen LogP contribution in [0.15, 0.2) is 16.7 Å². The molecule has 0 saturated carbocycles. The first-order chi connectivity index (χ1) is 8.50. The number of hydrogen-bond acceptors (Lipinski definition) is 3. The Kier molecular flexibility index (Phi) is 3.15. The molecule has 1 aromatic rings. The van der Waals surface area contributed by atoms with Crippen molar-refractivity contribution in [1.82, 2.24) is 4.90 Å². The van der Waals surface area contributed by atoms with Gasteiger partial charge in [-0.05, 0) is 25.8 Å². The second-order valence-corrected chi connectivity index (χ2v) is 4.81. The van der Waals surface area contributed by atoms with Crippen LogP contribution >= 0.6 is 0 Å². The molecule has 0 bridgehead atoms. The molecule has 98 valence electrons. The standard InChI is InChI=1S/C13H17NO4/c1-3-13(12(16)17)5-6-14(8-13)11(15)10-4-7-18-9(10)2/h4,7H,3,5-6,8H2,1-2H3,(H,16,17). The van der Waals surface area contributed by atoms with Crippen LogP contribution in [0.3, 0.4) is 0 Å². The van der Waals surface area contributed by atoms with Gasteiger partial charge in [-0.2, -0.15) is 0 Å². The summed E-state index contributed by atoms with van der Waals surface area (Å²) >= 11 is 0. The van der Waals surface area contributed by atoms with Crippen molar-refractivity contribution in [3.05, 3.63) is 23.7 Å². The molecule has 1 amide bonds. The lowest BCUT2D eigenvalue weighted by molar-refractivity contribution is -0.148. The van der Waals surface area contributed by atoms with E-state index in [0.29, 0.717) is 30.7 Å². The van der Waals surface area contributed by atoms with Crippen LogP contribution in [0.4, 0.5) is 0 Å². The van der Waals surface area contributed by atoms with Crippen LogP contribution in [0.2, 0.25) is 0 Å². The summed E-state index contributed by atoms with van der Waals surface area (Å²) in [5.41, 5.74) is -0.264. The molecule has 1 unspecified atom stereocenters. The SMILES string of the molecule is CCC1(C(=O)O)CCN(C(=O)c2ccoc2C)C1. The van der Waals surface area contributed by atoms with Crippen molar-refractivity contribution in [2.24, 2.45) is 5.41 Å². The summed E-state index contributed by atoms with van der Waals surface area (Å²) in [7, 11) is 0. The number of furan rings is 1. The zero-order valence-electron chi connectivity index (χ0n) is 10.6. The number of aliphatic carboxylic acids is 1. The highest BCUT2D eigenvalue weighted by Crippen LogP contribution is 2.35. The topological polar surface area (TPSA) is 70.8 Å². The van der Waals surface area contributed by atoms with Gasteiger partial charge in [0, 0.05) is 13.1 Å². The predicted octanol–water partition coefficient (Wildman–Crippen LogP) is 1.91. The van der Waals surface area contributed by atoms with Crippen LogP contribution in [0.1, 0.15) is 35.9 Å². The first-order valence-electron chi connectivity index (χ1n) is 6.07. The van der Waals surface area contributed by atoms with E-state index in [4.69, 9.17) is 4.42 Å². The number of carboxylic acids is 1. The summed E-state index contributed by atoms with van der Waals surface area (Å²) < 4.78 is 5.11. The second-order valence-electron chi connectivity index (χ2n) is 4.81. The molecule has 1 aromatic heterocycles. The number of carbonyl (C=O) groups is 2. The van der Waals surface area contributed by atoms with Gasteiger partial charge in [-0.1, -0.05) is 6.92 Å². The van der Waals surface area contributed by atoms with Crippen LogP contribution in [-0.4, -0.2) is 35.0 Å². The molecule has 2 rings (SSSR count). The maximum absolute atomic E-state index is 12.2. The van der Waals surface area contributed by atoms with Gasteiger partial charge in [0.2, 0.25) is 0 Å². The predicted molar refractivity (Wildman–Crippen MR) is 64.3 cm³/mol. The van der Waals surface area contributed by atoms with Crippen molar-refractivity contribution in [2.45, 2.75) is 26.7 Å². The monoisotopic (exact) mass is 251 g/mol. The Morgan fingerprint density at radius 3 is 2.72 bits per heavy atom. The van der Waals surface area contributed by atoms with Crippen LogP contribution < -0.4 is 0 Å². The van der Waals surface area contributed by atoms with Crippen LogP contribution in [0.25, 0.3) is 0 Å². The lowest BCUT2D eigenvalue weighted by Crippen LogP contribution is -2.36. The minimum atomic E-state index is -0.816.